The molecule has 1 saturated heterocycles. The van der Waals surface area contributed by atoms with Crippen molar-refractivity contribution in [1.29, 1.82) is 0 Å². The number of hydrogen-bond donors (Lipinski definition) is 1. The monoisotopic (exact) mass is 569 g/mol. The van der Waals surface area contributed by atoms with Crippen LogP contribution in [0.5, 0.6) is 0 Å². The number of anilines is 2. The van der Waals surface area contributed by atoms with Gasteiger partial charge >= 0.3 is 6.18 Å². The molecule has 1 N–H and O–H groups in total. The number of nitrogens with zero attached hydrogens (tertiary/aromatic N) is 8. The third-order valence-electron chi connectivity index (χ3n) is 7.86. The number of aromatic nitrogens is 6. The summed E-state index contributed by atoms with van der Waals surface area (Å²) in [5.41, 5.74) is -0.305. The van der Waals surface area contributed by atoms with Gasteiger partial charge in [0.05, 0.1) is 23.4 Å². The molecule has 1 aliphatic heterocycles. The topological polar surface area (TPSA) is 87.9 Å². The van der Waals surface area contributed by atoms with Gasteiger partial charge in [-0.3, -0.25) is 9.58 Å². The van der Waals surface area contributed by atoms with Crippen molar-refractivity contribution < 1.29 is 17.6 Å². The fraction of sp³-hybridized carbons (Fsp3) is 0.464. The number of fused-ring (bicyclic) bond motifs is 1. The van der Waals surface area contributed by atoms with Crippen molar-refractivity contribution in [3.05, 3.63) is 53.7 Å². The molecule has 41 heavy (non-hydrogen) atoms. The van der Waals surface area contributed by atoms with Crippen molar-refractivity contribution in [3.8, 4) is 11.4 Å². The van der Waals surface area contributed by atoms with Crippen molar-refractivity contribution in [2.45, 2.75) is 51.4 Å². The van der Waals surface area contributed by atoms with Gasteiger partial charge < -0.3 is 10.2 Å². The molecule has 216 valence electrons. The summed E-state index contributed by atoms with van der Waals surface area (Å²) in [4.78, 5) is 21.7. The Bertz CT molecular complexity index is 1510. The number of alkyl halides is 3. The fourth-order valence-corrected chi connectivity index (χ4v) is 5.61. The lowest BCUT2D eigenvalue weighted by atomic mass is 10.2. The lowest BCUT2D eigenvalue weighted by molar-refractivity contribution is -0.140. The lowest BCUT2D eigenvalue weighted by Gasteiger charge is -2.33. The van der Waals surface area contributed by atoms with Gasteiger partial charge in [-0.2, -0.15) is 18.3 Å². The summed E-state index contributed by atoms with van der Waals surface area (Å²) in [6, 6.07) is 6.62. The molecule has 5 heterocycles. The maximum absolute atomic E-state index is 14.8. The summed E-state index contributed by atoms with van der Waals surface area (Å²) in [7, 11) is 0. The Labute approximate surface area is 234 Å². The van der Waals surface area contributed by atoms with E-state index in [1.54, 1.807) is 12.3 Å². The molecule has 0 unspecified atom stereocenters. The molecule has 0 atom stereocenters. The summed E-state index contributed by atoms with van der Waals surface area (Å²) in [5.74, 6) is -0.287. The molecular weight excluding hydrogens is 538 g/mol. The van der Waals surface area contributed by atoms with Crippen LogP contribution in [-0.4, -0.2) is 72.2 Å². The first kappa shape index (κ1) is 27.5. The minimum absolute atomic E-state index is 0.0385. The first-order chi connectivity index (χ1) is 19.8. The highest BCUT2D eigenvalue weighted by molar-refractivity contribution is 5.81. The molecule has 2 aliphatic rings. The number of piperazine rings is 1. The van der Waals surface area contributed by atoms with Gasteiger partial charge in [0.2, 0.25) is 5.95 Å². The third kappa shape index (κ3) is 5.87. The number of hydrogen-bond acceptors (Lipinski definition) is 8. The second-order valence-electron chi connectivity index (χ2n) is 10.6. The van der Waals surface area contributed by atoms with Crippen molar-refractivity contribution in [1.82, 2.24) is 39.5 Å². The van der Waals surface area contributed by atoms with Crippen molar-refractivity contribution >= 4 is 22.8 Å². The summed E-state index contributed by atoms with van der Waals surface area (Å²) >= 11 is 0. The van der Waals surface area contributed by atoms with Crippen LogP contribution in [-0.2, 0) is 12.7 Å². The van der Waals surface area contributed by atoms with E-state index in [1.165, 1.54) is 16.8 Å². The Kier molecular flexibility index (Phi) is 7.56. The molecule has 0 radical (unpaired) electrons. The van der Waals surface area contributed by atoms with E-state index in [0.717, 1.165) is 76.7 Å². The summed E-state index contributed by atoms with van der Waals surface area (Å²) in [6.45, 7) is 8.15. The zero-order valence-corrected chi connectivity index (χ0v) is 22.7. The quantitative estimate of drug-likeness (QED) is 0.295. The molecule has 9 nitrogen and oxygen atoms in total. The first-order valence-corrected chi connectivity index (χ1v) is 13.9. The van der Waals surface area contributed by atoms with E-state index in [9.17, 15) is 17.6 Å². The van der Waals surface area contributed by atoms with E-state index in [0.29, 0.717) is 5.82 Å². The van der Waals surface area contributed by atoms with Crippen molar-refractivity contribution in [2.24, 2.45) is 0 Å². The average Bonchev–Trinajstić information content (AvgIpc) is 3.63. The zero-order valence-electron chi connectivity index (χ0n) is 22.7. The van der Waals surface area contributed by atoms with Gasteiger partial charge in [0.15, 0.2) is 11.5 Å². The second kappa shape index (κ2) is 11.3. The van der Waals surface area contributed by atoms with Gasteiger partial charge in [-0.25, -0.2) is 24.3 Å². The average molecular weight is 570 g/mol. The van der Waals surface area contributed by atoms with Crippen molar-refractivity contribution in [2.75, 3.05) is 38.0 Å². The van der Waals surface area contributed by atoms with E-state index >= 15 is 0 Å². The molecule has 1 aliphatic carbocycles. The Balaban J connectivity index is 1.22. The Morgan fingerprint density at radius 1 is 0.927 bits per heavy atom. The molecule has 6 rings (SSSR count). The van der Waals surface area contributed by atoms with Gasteiger partial charge in [0.25, 0.3) is 0 Å². The largest absolute Gasteiger partial charge is 0.437 e. The Hall–Kier alpha value is -3.71. The molecule has 1 saturated carbocycles. The highest BCUT2D eigenvalue weighted by Gasteiger charge is 2.39. The standard InChI is InChI=1S/C28H31F4N9/c1-2-39-11-13-40(14-12-39)17-18-7-10-23(33-15-18)36-27-34-16-20(29)24(37-27)21-8-9-22-25(35-21)26(28(30,31)32)38-41(22)19-5-3-4-6-19/h7-10,15-16,19H,2-6,11-14,17H2,1H3,(H,33,34,36,37). The van der Waals surface area contributed by atoms with Gasteiger partial charge in [-0.15, -0.1) is 0 Å². The fourth-order valence-electron chi connectivity index (χ4n) is 5.61. The van der Waals surface area contributed by atoms with Gasteiger partial charge in [-0.1, -0.05) is 25.8 Å². The predicted molar refractivity (Wildman–Crippen MR) is 146 cm³/mol. The van der Waals surface area contributed by atoms with E-state index in [4.69, 9.17) is 0 Å². The first-order valence-electron chi connectivity index (χ1n) is 13.9. The van der Waals surface area contributed by atoms with Crippen LogP contribution >= 0.6 is 0 Å². The predicted octanol–water partition coefficient (Wildman–Crippen LogP) is 5.44. The van der Waals surface area contributed by atoms with Gasteiger partial charge in [0, 0.05) is 38.9 Å². The molecule has 2 fully saturated rings. The van der Waals surface area contributed by atoms with E-state index in [1.807, 2.05) is 6.07 Å². The van der Waals surface area contributed by atoms with Gasteiger partial charge in [0.1, 0.15) is 17.0 Å². The van der Waals surface area contributed by atoms with Gasteiger partial charge in [-0.05, 0) is 43.1 Å². The molecule has 0 aromatic carbocycles. The van der Waals surface area contributed by atoms with Crippen molar-refractivity contribution in [3.63, 3.8) is 0 Å². The van der Waals surface area contributed by atoms with Crippen LogP contribution < -0.4 is 5.32 Å². The zero-order chi connectivity index (χ0) is 28.6. The summed E-state index contributed by atoms with van der Waals surface area (Å²) in [5, 5.41) is 6.86. The molecule has 4 aromatic rings. The SMILES string of the molecule is CCN1CCN(Cc2ccc(Nc3ncc(F)c(-c4ccc5c(n4)c(C(F)(F)F)nn5C4CCCC4)n3)nc2)CC1. The normalized spacial score (nSPS) is 17.5. The third-order valence-corrected chi connectivity index (χ3v) is 7.86. The second-order valence-corrected chi connectivity index (χ2v) is 10.6. The van der Waals surface area contributed by atoms with Crippen LogP contribution in [0, 0.1) is 5.82 Å². The number of nitrogens with one attached hydrogen (secondary N) is 1. The molecule has 0 amide bonds. The van der Waals surface area contributed by atoms with Crippen LogP contribution in [0.1, 0.15) is 49.9 Å². The maximum Gasteiger partial charge on any atom is 0.437 e. The van der Waals surface area contributed by atoms with Crippen LogP contribution in [0.25, 0.3) is 22.4 Å². The number of rotatable bonds is 7. The van der Waals surface area contributed by atoms with Crippen LogP contribution in [0.4, 0.5) is 29.3 Å². The molecule has 13 heteroatoms. The minimum Gasteiger partial charge on any atom is -0.309 e. The number of likely N-dealkylation sites (N-methyl/N-ethyl adjacent to an activating group) is 1. The number of halogens is 4. The lowest BCUT2D eigenvalue weighted by Crippen LogP contribution is -2.45. The van der Waals surface area contributed by atoms with E-state index in [-0.39, 0.29) is 34.4 Å². The van der Waals surface area contributed by atoms with E-state index < -0.39 is 17.7 Å². The smallest absolute Gasteiger partial charge is 0.309 e. The highest BCUT2D eigenvalue weighted by Crippen LogP contribution is 2.38. The molecular formula is C28H31F4N9. The number of pyridine rings is 2. The Morgan fingerprint density at radius 3 is 2.37 bits per heavy atom. The minimum atomic E-state index is -4.70. The Morgan fingerprint density at radius 2 is 1.68 bits per heavy atom. The summed E-state index contributed by atoms with van der Waals surface area (Å²) < 4.78 is 57.9. The maximum atomic E-state index is 14.8. The van der Waals surface area contributed by atoms with E-state index in [2.05, 4.69) is 47.1 Å². The molecule has 4 aromatic heterocycles. The van der Waals surface area contributed by atoms with Crippen LogP contribution in [0.2, 0.25) is 0 Å². The molecule has 0 spiro atoms. The van der Waals surface area contributed by atoms with Crippen LogP contribution in [0.15, 0.2) is 36.7 Å². The molecule has 0 bridgehead atoms. The summed E-state index contributed by atoms with van der Waals surface area (Å²) in [6.07, 6.45) is 1.44. The van der Waals surface area contributed by atoms with Crippen LogP contribution in [0.3, 0.4) is 0 Å². The highest BCUT2D eigenvalue weighted by atomic mass is 19.4.